The lowest BCUT2D eigenvalue weighted by molar-refractivity contribution is -0.116. The molecule has 216 valence electrons. The summed E-state index contributed by atoms with van der Waals surface area (Å²) in [5.41, 5.74) is 2.90. The number of carbonyl (C=O) groups is 1. The Morgan fingerprint density at radius 3 is 2.37 bits per heavy atom. The van der Waals surface area contributed by atoms with E-state index in [1.54, 1.807) is 15.8 Å². The fraction of sp³-hybridized carbons (Fsp3) is 0.310. The van der Waals surface area contributed by atoms with Crippen LogP contribution in [0, 0.1) is 26.2 Å². The number of hydrogen-bond acceptors (Lipinski definition) is 6. The number of carbonyl (C=O) groups excluding carboxylic acids is 1. The molecule has 0 aliphatic rings. The lowest BCUT2D eigenvalue weighted by Gasteiger charge is -2.25. The predicted octanol–water partition coefficient (Wildman–Crippen LogP) is 6.17. The first kappa shape index (κ1) is 31.8. The van der Waals surface area contributed by atoms with Crippen molar-refractivity contribution in [2.75, 3.05) is 17.4 Å². The maximum absolute atomic E-state index is 12.1. The molecule has 2 aromatic carbocycles. The summed E-state index contributed by atoms with van der Waals surface area (Å²) in [5, 5.41) is 8.85. The second-order valence-corrected chi connectivity index (χ2v) is 11.0. The van der Waals surface area contributed by atoms with Gasteiger partial charge in [0.25, 0.3) is 0 Å². The number of benzene rings is 2. The second kappa shape index (κ2) is 13.8. The molecule has 0 aliphatic carbocycles. The zero-order chi connectivity index (χ0) is 30.3. The average Bonchev–Trinajstić information content (AvgIpc) is 3.57. The number of hydrogen-bond donors (Lipinski definition) is 0. The number of nitrogens with zero attached hydrogens (tertiary/aromatic N) is 5. The number of rotatable bonds is 7. The highest BCUT2D eigenvalue weighted by Gasteiger charge is 2.24. The third-order valence-corrected chi connectivity index (χ3v) is 6.53. The largest absolute Gasteiger partial charge is 0.479 e. The first-order valence-electron chi connectivity index (χ1n) is 12.4. The summed E-state index contributed by atoms with van der Waals surface area (Å²) in [7, 11) is 0. The van der Waals surface area contributed by atoms with Crippen molar-refractivity contribution in [3.05, 3.63) is 86.4 Å². The van der Waals surface area contributed by atoms with E-state index >= 15 is 0 Å². The van der Waals surface area contributed by atoms with E-state index in [1.807, 2.05) is 65.1 Å². The molecule has 4 rings (SSSR count). The second-order valence-electron chi connectivity index (χ2n) is 9.94. The standard InChI is InChI=1S/C15H14Cl2N2O3.C14H16ClN3O/c1-5-6-21-12-8-11(9(16)7-10(12)17)19-14(20)22-13(18-19)15(2,3)4;1-11-5-3-6-12(2)14(11)18(13(19)9-15)10-17-8-4-7-16-17/h1,7-8H,6H2,2-4H3;3-8H,9-10H2,1-2H3. The summed E-state index contributed by atoms with van der Waals surface area (Å²) in [6, 6.07) is 10.7. The monoisotopic (exact) mass is 617 g/mol. The van der Waals surface area contributed by atoms with E-state index in [0.717, 1.165) is 21.5 Å². The van der Waals surface area contributed by atoms with Crippen LogP contribution in [0.4, 0.5) is 5.69 Å². The molecule has 0 saturated carbocycles. The normalized spacial score (nSPS) is 10.9. The molecule has 0 spiro atoms. The Kier molecular flexibility index (Phi) is 10.7. The number of amides is 1. The number of terminal acetylenes is 1. The van der Waals surface area contributed by atoms with E-state index < -0.39 is 11.2 Å². The zero-order valence-electron chi connectivity index (χ0n) is 23.3. The van der Waals surface area contributed by atoms with Crippen LogP contribution in [0.2, 0.25) is 10.0 Å². The molecule has 0 radical (unpaired) electrons. The molecule has 0 bridgehead atoms. The van der Waals surface area contributed by atoms with Crippen molar-refractivity contribution in [2.45, 2.75) is 46.7 Å². The Morgan fingerprint density at radius 1 is 1.15 bits per heavy atom. The van der Waals surface area contributed by atoms with Crippen LogP contribution in [0.15, 0.2) is 58.0 Å². The third kappa shape index (κ3) is 7.94. The molecule has 12 heteroatoms. The topological polar surface area (TPSA) is 95.4 Å². The maximum Gasteiger partial charge on any atom is 0.442 e. The molecule has 9 nitrogen and oxygen atoms in total. The van der Waals surface area contributed by atoms with Gasteiger partial charge in [0.1, 0.15) is 24.9 Å². The molecule has 2 heterocycles. The molecule has 4 aromatic rings. The maximum atomic E-state index is 12.1. The number of aromatic nitrogens is 4. The smallest absolute Gasteiger partial charge is 0.442 e. The number of alkyl halides is 1. The van der Waals surface area contributed by atoms with E-state index in [9.17, 15) is 9.59 Å². The molecule has 41 heavy (non-hydrogen) atoms. The van der Waals surface area contributed by atoms with Crippen LogP contribution in [0.3, 0.4) is 0 Å². The molecule has 1 amide bonds. The lowest BCUT2D eigenvalue weighted by atomic mass is 9.97. The highest BCUT2D eigenvalue weighted by Crippen LogP contribution is 2.33. The predicted molar refractivity (Wildman–Crippen MR) is 161 cm³/mol. The van der Waals surface area contributed by atoms with Crippen LogP contribution < -0.4 is 15.4 Å². The van der Waals surface area contributed by atoms with E-state index in [2.05, 4.69) is 16.1 Å². The third-order valence-electron chi connectivity index (χ3n) is 5.70. The van der Waals surface area contributed by atoms with Crippen molar-refractivity contribution in [3.8, 4) is 23.8 Å². The van der Waals surface area contributed by atoms with Crippen molar-refractivity contribution in [2.24, 2.45) is 0 Å². The Balaban J connectivity index is 0.000000228. The number of para-hydroxylation sites is 1. The summed E-state index contributed by atoms with van der Waals surface area (Å²) < 4.78 is 13.3. The van der Waals surface area contributed by atoms with Crippen molar-refractivity contribution in [3.63, 3.8) is 0 Å². The molecule has 0 fully saturated rings. The van der Waals surface area contributed by atoms with Gasteiger partial charge in [-0.05, 0) is 37.1 Å². The minimum atomic E-state index is -0.642. The van der Waals surface area contributed by atoms with Crippen LogP contribution in [-0.2, 0) is 16.9 Å². The van der Waals surface area contributed by atoms with Gasteiger partial charge in [0.15, 0.2) is 0 Å². The van der Waals surface area contributed by atoms with E-state index in [-0.39, 0.29) is 28.4 Å². The number of aryl methyl sites for hydroxylation is 2. The van der Waals surface area contributed by atoms with Gasteiger partial charge < -0.3 is 9.15 Å². The van der Waals surface area contributed by atoms with Crippen molar-refractivity contribution in [1.29, 1.82) is 0 Å². The quantitative estimate of drug-likeness (QED) is 0.182. The summed E-state index contributed by atoms with van der Waals surface area (Å²) in [5.74, 6) is 2.13. The fourth-order valence-electron chi connectivity index (χ4n) is 3.75. The van der Waals surface area contributed by atoms with Gasteiger partial charge in [-0.3, -0.25) is 14.4 Å². The fourth-order valence-corrected chi connectivity index (χ4v) is 4.41. The Hall–Kier alpha value is -3.71. The van der Waals surface area contributed by atoms with Crippen molar-refractivity contribution < 1.29 is 13.9 Å². The van der Waals surface area contributed by atoms with Crippen molar-refractivity contribution in [1.82, 2.24) is 19.6 Å². The molecule has 0 unspecified atom stereocenters. The Labute approximate surface area is 253 Å². The molecular formula is C29H30Cl3N5O4. The Morgan fingerprint density at radius 2 is 1.83 bits per heavy atom. The van der Waals surface area contributed by atoms with Crippen LogP contribution in [0.1, 0.15) is 37.8 Å². The summed E-state index contributed by atoms with van der Waals surface area (Å²) in [6.45, 7) is 10.0. The minimum Gasteiger partial charge on any atom is -0.479 e. The molecule has 0 atom stereocenters. The Bertz CT molecular complexity index is 1580. The number of anilines is 1. The zero-order valence-corrected chi connectivity index (χ0v) is 25.6. The van der Waals surface area contributed by atoms with Gasteiger partial charge in [-0.15, -0.1) is 23.1 Å². The highest BCUT2D eigenvalue weighted by molar-refractivity contribution is 6.36. The molecule has 0 saturated heterocycles. The highest BCUT2D eigenvalue weighted by atomic mass is 35.5. The van der Waals surface area contributed by atoms with E-state index in [1.165, 1.54) is 12.1 Å². The van der Waals surface area contributed by atoms with Gasteiger partial charge in [-0.2, -0.15) is 9.78 Å². The van der Waals surface area contributed by atoms with Crippen LogP contribution in [0.25, 0.3) is 5.69 Å². The SMILES string of the molecule is C#CCOc1cc(-n2nc(C(C)(C)C)oc2=O)c(Cl)cc1Cl.Cc1cccc(C)c1N(Cn1cccn1)C(=O)CCl. The molecular weight excluding hydrogens is 589 g/mol. The van der Waals surface area contributed by atoms with Gasteiger partial charge in [0.05, 0.1) is 21.4 Å². The van der Waals surface area contributed by atoms with Gasteiger partial charge >= 0.3 is 5.76 Å². The average molecular weight is 619 g/mol. The van der Waals surface area contributed by atoms with Crippen LogP contribution in [0.5, 0.6) is 5.75 Å². The van der Waals surface area contributed by atoms with Crippen LogP contribution >= 0.6 is 34.8 Å². The van der Waals surface area contributed by atoms with Gasteiger partial charge in [0, 0.05) is 23.9 Å². The number of ether oxygens (including phenoxy) is 1. The molecule has 0 N–H and O–H groups in total. The number of halogens is 3. The van der Waals surface area contributed by atoms with Crippen molar-refractivity contribution >= 4 is 46.4 Å². The van der Waals surface area contributed by atoms with E-state index in [4.69, 9.17) is 50.4 Å². The summed E-state index contributed by atoms with van der Waals surface area (Å²) in [4.78, 5) is 25.8. The van der Waals surface area contributed by atoms with Gasteiger partial charge in [0.2, 0.25) is 11.8 Å². The molecule has 0 aliphatic heterocycles. The van der Waals surface area contributed by atoms with Gasteiger partial charge in [-0.1, -0.05) is 68.1 Å². The minimum absolute atomic E-state index is 0.0434. The van der Waals surface area contributed by atoms with Crippen LogP contribution in [-0.4, -0.2) is 38.0 Å². The summed E-state index contributed by atoms with van der Waals surface area (Å²) in [6.07, 6.45) is 8.66. The first-order valence-corrected chi connectivity index (χ1v) is 13.7. The first-order chi connectivity index (χ1) is 19.4. The lowest BCUT2D eigenvalue weighted by Crippen LogP contribution is -2.35. The summed E-state index contributed by atoms with van der Waals surface area (Å²) >= 11 is 17.9. The van der Waals surface area contributed by atoms with E-state index in [0.29, 0.717) is 24.0 Å². The molecule has 2 aromatic heterocycles. The van der Waals surface area contributed by atoms with Gasteiger partial charge in [-0.25, -0.2) is 4.79 Å².